The largest absolute Gasteiger partial charge is 0.391 e. The molecule has 5 heteroatoms. The van der Waals surface area contributed by atoms with E-state index in [0.717, 1.165) is 6.42 Å². The minimum Gasteiger partial charge on any atom is -0.391 e. The fraction of sp³-hybridized carbons (Fsp3) is 1.00. The van der Waals surface area contributed by atoms with Crippen LogP contribution in [-0.2, 0) is 9.47 Å². The van der Waals surface area contributed by atoms with Crippen molar-refractivity contribution < 1.29 is 24.8 Å². The maximum Gasteiger partial charge on any atom is 0.178 e. The molecule has 98 valence electrons. The molecule has 4 atom stereocenters. The van der Waals surface area contributed by atoms with Crippen molar-refractivity contribution in [3.63, 3.8) is 0 Å². The molecule has 0 aromatic heterocycles. The SMILES string of the molecule is CCC(C)OCC(OC(C)C(O)O)[C@H](C)O. The molecule has 0 aliphatic carbocycles. The first-order valence-electron chi connectivity index (χ1n) is 5.69. The topological polar surface area (TPSA) is 79.2 Å². The van der Waals surface area contributed by atoms with Crippen molar-refractivity contribution in [2.24, 2.45) is 0 Å². The summed E-state index contributed by atoms with van der Waals surface area (Å²) < 4.78 is 10.7. The lowest BCUT2D eigenvalue weighted by Crippen LogP contribution is -2.39. The predicted octanol–water partition coefficient (Wildman–Crippen LogP) is 0.267. The molecular weight excluding hydrogens is 212 g/mol. The summed E-state index contributed by atoms with van der Waals surface area (Å²) in [4.78, 5) is 0. The first kappa shape index (κ1) is 15.8. The molecule has 0 aliphatic heterocycles. The molecule has 0 aromatic rings. The molecule has 3 N–H and O–H groups in total. The number of aliphatic hydroxyl groups is 3. The van der Waals surface area contributed by atoms with Crippen LogP contribution in [0.1, 0.15) is 34.1 Å². The van der Waals surface area contributed by atoms with Crippen LogP contribution in [0.2, 0.25) is 0 Å². The second-order valence-electron chi connectivity index (χ2n) is 4.09. The fourth-order valence-electron chi connectivity index (χ4n) is 1.02. The van der Waals surface area contributed by atoms with Gasteiger partial charge in [-0.1, -0.05) is 6.92 Å². The zero-order valence-corrected chi connectivity index (χ0v) is 10.5. The Morgan fingerprint density at radius 3 is 2.00 bits per heavy atom. The van der Waals surface area contributed by atoms with Crippen LogP contribution < -0.4 is 0 Å². The summed E-state index contributed by atoms with van der Waals surface area (Å²) in [6, 6.07) is 0. The molecule has 0 saturated heterocycles. The van der Waals surface area contributed by atoms with Gasteiger partial charge in [-0.15, -0.1) is 0 Å². The Morgan fingerprint density at radius 1 is 1.06 bits per heavy atom. The van der Waals surface area contributed by atoms with E-state index in [0.29, 0.717) is 0 Å². The average Bonchev–Trinajstić information content (AvgIpc) is 2.22. The number of aliphatic hydroxyl groups excluding tert-OH is 2. The van der Waals surface area contributed by atoms with Crippen LogP contribution in [0.4, 0.5) is 0 Å². The molecule has 0 radical (unpaired) electrons. The lowest BCUT2D eigenvalue weighted by molar-refractivity contribution is -0.185. The van der Waals surface area contributed by atoms with E-state index in [4.69, 9.17) is 19.7 Å². The zero-order chi connectivity index (χ0) is 12.7. The second-order valence-corrected chi connectivity index (χ2v) is 4.09. The molecule has 0 spiro atoms. The van der Waals surface area contributed by atoms with Gasteiger partial charge < -0.3 is 24.8 Å². The van der Waals surface area contributed by atoms with Gasteiger partial charge in [0, 0.05) is 0 Å². The van der Waals surface area contributed by atoms with Gasteiger partial charge in [-0.05, 0) is 27.2 Å². The Bertz CT molecular complexity index is 172. The van der Waals surface area contributed by atoms with Crippen molar-refractivity contribution in [1.82, 2.24) is 0 Å². The highest BCUT2D eigenvalue weighted by atomic mass is 16.6. The highest BCUT2D eigenvalue weighted by Gasteiger charge is 2.22. The van der Waals surface area contributed by atoms with E-state index in [9.17, 15) is 5.11 Å². The number of ether oxygens (including phenoxy) is 2. The van der Waals surface area contributed by atoms with Crippen molar-refractivity contribution in [2.75, 3.05) is 6.61 Å². The molecule has 0 aliphatic rings. The minimum absolute atomic E-state index is 0.0965. The molecule has 0 bridgehead atoms. The second kappa shape index (κ2) is 7.97. The van der Waals surface area contributed by atoms with Gasteiger partial charge in [-0.25, -0.2) is 0 Å². The van der Waals surface area contributed by atoms with E-state index in [-0.39, 0.29) is 12.7 Å². The summed E-state index contributed by atoms with van der Waals surface area (Å²) in [5.41, 5.74) is 0. The van der Waals surface area contributed by atoms with Gasteiger partial charge in [0.25, 0.3) is 0 Å². The van der Waals surface area contributed by atoms with Gasteiger partial charge in [0.1, 0.15) is 12.2 Å². The van der Waals surface area contributed by atoms with Crippen LogP contribution >= 0.6 is 0 Å². The van der Waals surface area contributed by atoms with Crippen LogP contribution in [0, 0.1) is 0 Å². The van der Waals surface area contributed by atoms with Crippen LogP contribution in [-0.4, -0.2) is 52.6 Å². The van der Waals surface area contributed by atoms with Crippen molar-refractivity contribution in [3.8, 4) is 0 Å². The number of rotatable bonds is 8. The molecule has 3 unspecified atom stereocenters. The Kier molecular flexibility index (Phi) is 7.87. The van der Waals surface area contributed by atoms with E-state index in [2.05, 4.69) is 0 Å². The highest BCUT2D eigenvalue weighted by Crippen LogP contribution is 2.08. The minimum atomic E-state index is -1.55. The van der Waals surface area contributed by atoms with Gasteiger partial charge in [0.2, 0.25) is 0 Å². The fourth-order valence-corrected chi connectivity index (χ4v) is 1.02. The lowest BCUT2D eigenvalue weighted by atomic mass is 10.2. The molecule has 0 amide bonds. The third kappa shape index (κ3) is 6.40. The van der Waals surface area contributed by atoms with Gasteiger partial charge in [-0.3, -0.25) is 0 Å². The third-order valence-corrected chi connectivity index (χ3v) is 2.47. The molecule has 16 heavy (non-hydrogen) atoms. The molecule has 0 aromatic carbocycles. The smallest absolute Gasteiger partial charge is 0.178 e. The average molecular weight is 236 g/mol. The monoisotopic (exact) mass is 236 g/mol. The van der Waals surface area contributed by atoms with Crippen LogP contribution in [0.25, 0.3) is 0 Å². The first-order valence-corrected chi connectivity index (χ1v) is 5.69. The Balaban J connectivity index is 4.07. The first-order chi connectivity index (χ1) is 7.38. The Labute approximate surface area is 97.0 Å². The van der Waals surface area contributed by atoms with Gasteiger partial charge in [0.05, 0.1) is 18.8 Å². The normalized spacial score (nSPS) is 19.5. The molecule has 5 nitrogen and oxygen atoms in total. The van der Waals surface area contributed by atoms with E-state index < -0.39 is 24.6 Å². The molecule has 0 heterocycles. The maximum atomic E-state index is 9.46. The van der Waals surface area contributed by atoms with E-state index in [1.807, 2.05) is 13.8 Å². The van der Waals surface area contributed by atoms with Crippen LogP contribution in [0.15, 0.2) is 0 Å². The summed E-state index contributed by atoms with van der Waals surface area (Å²) in [5, 5.41) is 27.2. The van der Waals surface area contributed by atoms with Crippen molar-refractivity contribution in [2.45, 2.75) is 64.8 Å². The summed E-state index contributed by atoms with van der Waals surface area (Å²) in [6.45, 7) is 7.29. The molecule has 0 fully saturated rings. The quantitative estimate of drug-likeness (QED) is 0.527. The summed E-state index contributed by atoms with van der Waals surface area (Å²) in [7, 11) is 0. The highest BCUT2D eigenvalue weighted by molar-refractivity contribution is 4.67. The predicted molar refractivity (Wildman–Crippen MR) is 59.9 cm³/mol. The molecular formula is C11H24O5. The lowest BCUT2D eigenvalue weighted by Gasteiger charge is -2.26. The Hall–Kier alpha value is -0.200. The number of hydrogen-bond acceptors (Lipinski definition) is 5. The molecule has 0 rings (SSSR count). The van der Waals surface area contributed by atoms with Gasteiger partial charge >= 0.3 is 0 Å². The van der Waals surface area contributed by atoms with Gasteiger partial charge in [0.15, 0.2) is 6.29 Å². The maximum absolute atomic E-state index is 9.46. The van der Waals surface area contributed by atoms with Crippen LogP contribution in [0.3, 0.4) is 0 Å². The van der Waals surface area contributed by atoms with E-state index in [1.54, 1.807) is 6.92 Å². The summed E-state index contributed by atoms with van der Waals surface area (Å²) in [6.07, 6.45) is -2.59. The van der Waals surface area contributed by atoms with Crippen molar-refractivity contribution in [3.05, 3.63) is 0 Å². The van der Waals surface area contributed by atoms with Crippen molar-refractivity contribution >= 4 is 0 Å². The standard InChI is InChI=1S/C11H24O5/c1-5-7(2)15-6-10(8(3)12)16-9(4)11(13)14/h7-14H,5-6H2,1-4H3/t7?,8-,9?,10?/m0/s1. The van der Waals surface area contributed by atoms with Crippen molar-refractivity contribution in [1.29, 1.82) is 0 Å². The van der Waals surface area contributed by atoms with E-state index in [1.165, 1.54) is 6.92 Å². The number of hydrogen-bond donors (Lipinski definition) is 3. The van der Waals surface area contributed by atoms with E-state index >= 15 is 0 Å². The Morgan fingerprint density at radius 2 is 1.62 bits per heavy atom. The van der Waals surface area contributed by atoms with Gasteiger partial charge in [-0.2, -0.15) is 0 Å². The molecule has 0 saturated carbocycles. The summed E-state index contributed by atoms with van der Waals surface area (Å²) >= 11 is 0. The van der Waals surface area contributed by atoms with Crippen LogP contribution in [0.5, 0.6) is 0 Å². The summed E-state index contributed by atoms with van der Waals surface area (Å²) in [5.74, 6) is 0. The zero-order valence-electron chi connectivity index (χ0n) is 10.5. The third-order valence-electron chi connectivity index (χ3n) is 2.47.